The monoisotopic (exact) mass is 331 g/mol. The van der Waals surface area contributed by atoms with Gasteiger partial charge in [0.2, 0.25) is 10.0 Å². The molecule has 0 aliphatic heterocycles. The summed E-state index contributed by atoms with van der Waals surface area (Å²) in [7, 11) is -3.55. The molecule has 0 heterocycles. The van der Waals surface area contributed by atoms with E-state index in [1.165, 1.54) is 24.3 Å². The second-order valence-corrected chi connectivity index (χ2v) is 7.39. The molecule has 1 rings (SSSR count). The van der Waals surface area contributed by atoms with Crippen LogP contribution in [0, 0.1) is 0 Å². The lowest BCUT2D eigenvalue weighted by atomic mass is 10.2. The second kappa shape index (κ2) is 9.07. The molecule has 0 fully saturated rings. The fraction of sp³-hybridized carbons (Fsp3) is 0.500. The molecule has 0 bridgehead atoms. The summed E-state index contributed by atoms with van der Waals surface area (Å²) in [4.78, 5) is 10.8. The number of thioether (sulfide) groups is 1. The van der Waals surface area contributed by atoms with Gasteiger partial charge in [0.25, 0.3) is 0 Å². The molecule has 1 aromatic rings. The fourth-order valence-corrected chi connectivity index (χ4v) is 3.36. The van der Waals surface area contributed by atoms with E-state index in [9.17, 15) is 13.2 Å². The Morgan fingerprint density at radius 3 is 2.33 bits per heavy atom. The molecule has 0 unspecified atom stereocenters. The van der Waals surface area contributed by atoms with E-state index >= 15 is 0 Å². The molecular weight excluding hydrogens is 310 g/mol. The van der Waals surface area contributed by atoms with E-state index in [-0.39, 0.29) is 10.5 Å². The molecule has 0 saturated carbocycles. The Balaban J connectivity index is 2.41. The first kappa shape index (κ1) is 18.0. The first-order valence-electron chi connectivity index (χ1n) is 6.79. The molecule has 118 valence electrons. The Bertz CT molecular complexity index is 541. The Kier molecular flexibility index (Phi) is 7.77. The van der Waals surface area contributed by atoms with Crippen molar-refractivity contribution in [3.63, 3.8) is 0 Å². The first-order chi connectivity index (χ1) is 9.97. The van der Waals surface area contributed by atoms with Crippen molar-refractivity contribution in [1.29, 1.82) is 0 Å². The largest absolute Gasteiger partial charge is 0.478 e. The molecule has 0 atom stereocenters. The fourth-order valence-electron chi connectivity index (χ4n) is 1.79. The van der Waals surface area contributed by atoms with Gasteiger partial charge >= 0.3 is 5.97 Å². The zero-order valence-corrected chi connectivity index (χ0v) is 13.7. The van der Waals surface area contributed by atoms with Gasteiger partial charge in [-0.15, -0.1) is 0 Å². The van der Waals surface area contributed by atoms with Crippen molar-refractivity contribution in [2.45, 2.75) is 30.6 Å². The predicted molar refractivity (Wildman–Crippen MR) is 85.4 cm³/mol. The maximum Gasteiger partial charge on any atom is 0.335 e. The summed E-state index contributed by atoms with van der Waals surface area (Å²) in [5.74, 6) is 0.0684. The van der Waals surface area contributed by atoms with Crippen molar-refractivity contribution in [1.82, 2.24) is 4.72 Å². The number of unbranched alkanes of at least 4 members (excludes halogenated alkanes) is 3. The molecule has 0 aromatic heterocycles. The van der Waals surface area contributed by atoms with E-state index in [0.717, 1.165) is 31.4 Å². The van der Waals surface area contributed by atoms with Crippen molar-refractivity contribution in [2.75, 3.05) is 18.6 Å². The van der Waals surface area contributed by atoms with Crippen LogP contribution in [0.5, 0.6) is 0 Å². The lowest BCUT2D eigenvalue weighted by Crippen LogP contribution is -2.24. The Morgan fingerprint density at radius 1 is 1.14 bits per heavy atom. The minimum atomic E-state index is -3.55. The van der Waals surface area contributed by atoms with Crippen LogP contribution in [0.1, 0.15) is 36.0 Å². The highest BCUT2D eigenvalue weighted by molar-refractivity contribution is 7.98. The van der Waals surface area contributed by atoms with Gasteiger partial charge in [-0.1, -0.05) is 12.8 Å². The number of hydrogen-bond donors (Lipinski definition) is 2. The molecule has 0 amide bonds. The topological polar surface area (TPSA) is 83.5 Å². The number of nitrogens with one attached hydrogen (secondary N) is 1. The molecule has 7 heteroatoms. The van der Waals surface area contributed by atoms with Crippen LogP contribution in [0.4, 0.5) is 0 Å². The molecule has 0 saturated heterocycles. The average molecular weight is 331 g/mol. The minimum absolute atomic E-state index is 0.0720. The maximum absolute atomic E-state index is 12.0. The van der Waals surface area contributed by atoms with Crippen LogP contribution in [0.25, 0.3) is 0 Å². The van der Waals surface area contributed by atoms with Crippen molar-refractivity contribution < 1.29 is 18.3 Å². The van der Waals surface area contributed by atoms with Gasteiger partial charge < -0.3 is 5.11 Å². The summed E-state index contributed by atoms with van der Waals surface area (Å²) in [6.45, 7) is 0.405. The first-order valence-corrected chi connectivity index (χ1v) is 9.67. The Labute approximate surface area is 130 Å². The lowest BCUT2D eigenvalue weighted by Gasteiger charge is -2.07. The van der Waals surface area contributed by atoms with Gasteiger partial charge in [0.15, 0.2) is 0 Å². The van der Waals surface area contributed by atoms with E-state index in [2.05, 4.69) is 11.0 Å². The molecular formula is C14H21NO4S2. The van der Waals surface area contributed by atoms with Crippen LogP contribution < -0.4 is 4.72 Å². The molecule has 0 radical (unpaired) electrons. The van der Waals surface area contributed by atoms with Crippen LogP contribution >= 0.6 is 11.8 Å². The third-order valence-electron chi connectivity index (χ3n) is 2.98. The number of benzene rings is 1. The second-order valence-electron chi connectivity index (χ2n) is 4.63. The number of carboxylic acid groups (broad SMARTS) is 1. The number of hydrogen-bond acceptors (Lipinski definition) is 4. The number of sulfonamides is 1. The Morgan fingerprint density at radius 2 is 1.76 bits per heavy atom. The SMILES string of the molecule is CSCCCCCCNS(=O)(=O)c1ccc(C(=O)O)cc1. The highest BCUT2D eigenvalue weighted by Gasteiger charge is 2.13. The molecule has 0 aliphatic carbocycles. The molecule has 2 N–H and O–H groups in total. The minimum Gasteiger partial charge on any atom is -0.478 e. The summed E-state index contributed by atoms with van der Waals surface area (Å²) in [6, 6.07) is 5.20. The van der Waals surface area contributed by atoms with Gasteiger partial charge in [0.1, 0.15) is 0 Å². The van der Waals surface area contributed by atoms with Gasteiger partial charge in [-0.2, -0.15) is 11.8 Å². The summed E-state index contributed by atoms with van der Waals surface area (Å²) < 4.78 is 26.5. The van der Waals surface area contributed by atoms with Crippen LogP contribution in [0.2, 0.25) is 0 Å². The van der Waals surface area contributed by atoms with Gasteiger partial charge in [-0.3, -0.25) is 0 Å². The highest BCUT2D eigenvalue weighted by Crippen LogP contribution is 2.11. The molecule has 0 spiro atoms. The highest BCUT2D eigenvalue weighted by atomic mass is 32.2. The molecule has 5 nitrogen and oxygen atoms in total. The van der Waals surface area contributed by atoms with E-state index in [1.807, 2.05) is 11.8 Å². The number of aromatic carboxylic acids is 1. The summed E-state index contributed by atoms with van der Waals surface area (Å²) >= 11 is 1.82. The average Bonchev–Trinajstić information content (AvgIpc) is 2.46. The molecule has 1 aromatic carbocycles. The number of carboxylic acids is 1. The normalized spacial score (nSPS) is 11.5. The Hall–Kier alpha value is -1.05. The van der Waals surface area contributed by atoms with Gasteiger partial charge in [-0.25, -0.2) is 17.9 Å². The van der Waals surface area contributed by atoms with E-state index in [1.54, 1.807) is 0 Å². The van der Waals surface area contributed by atoms with Crippen molar-refractivity contribution >= 4 is 27.8 Å². The summed E-state index contributed by atoms with van der Waals surface area (Å²) in [5, 5.41) is 8.77. The lowest BCUT2D eigenvalue weighted by molar-refractivity contribution is 0.0696. The predicted octanol–water partition coefficient (Wildman–Crippen LogP) is 2.59. The maximum atomic E-state index is 12.0. The summed E-state index contributed by atoms with van der Waals surface area (Å²) in [6.07, 6.45) is 6.14. The van der Waals surface area contributed by atoms with Crippen LogP contribution in [-0.2, 0) is 10.0 Å². The number of carbonyl (C=O) groups is 1. The van der Waals surface area contributed by atoms with Gasteiger partial charge in [-0.05, 0) is 49.1 Å². The van der Waals surface area contributed by atoms with Crippen LogP contribution in [0.3, 0.4) is 0 Å². The summed E-state index contributed by atoms with van der Waals surface area (Å²) in [5.41, 5.74) is 0.0720. The van der Waals surface area contributed by atoms with Gasteiger partial charge in [0.05, 0.1) is 10.5 Å². The van der Waals surface area contributed by atoms with Gasteiger partial charge in [0, 0.05) is 6.54 Å². The zero-order valence-electron chi connectivity index (χ0n) is 12.0. The van der Waals surface area contributed by atoms with Crippen LogP contribution in [-0.4, -0.2) is 38.0 Å². The standard InChI is InChI=1S/C14H21NO4S2/c1-20-11-5-3-2-4-10-15-21(18,19)13-8-6-12(7-9-13)14(16)17/h6-9,15H,2-5,10-11H2,1H3,(H,16,17). The quantitative estimate of drug-likeness (QED) is 0.644. The van der Waals surface area contributed by atoms with Crippen molar-refractivity contribution in [2.24, 2.45) is 0 Å². The molecule has 0 aliphatic rings. The number of rotatable bonds is 10. The van der Waals surface area contributed by atoms with E-state index < -0.39 is 16.0 Å². The van der Waals surface area contributed by atoms with Crippen molar-refractivity contribution in [3.8, 4) is 0 Å². The van der Waals surface area contributed by atoms with E-state index in [0.29, 0.717) is 6.54 Å². The van der Waals surface area contributed by atoms with Crippen molar-refractivity contribution in [3.05, 3.63) is 29.8 Å². The van der Waals surface area contributed by atoms with E-state index in [4.69, 9.17) is 5.11 Å². The third-order valence-corrected chi connectivity index (χ3v) is 5.15. The zero-order chi connectivity index (χ0) is 15.7. The smallest absolute Gasteiger partial charge is 0.335 e. The van der Waals surface area contributed by atoms with Crippen LogP contribution in [0.15, 0.2) is 29.2 Å². The third kappa shape index (κ3) is 6.50. The molecule has 21 heavy (non-hydrogen) atoms.